The van der Waals surface area contributed by atoms with Gasteiger partial charge in [0, 0.05) is 0 Å². The number of nitriles is 1. The summed E-state index contributed by atoms with van der Waals surface area (Å²) < 4.78 is 21.7. The van der Waals surface area contributed by atoms with E-state index in [1.54, 1.807) is 6.07 Å². The van der Waals surface area contributed by atoms with Crippen LogP contribution in [-0.4, -0.2) is 27.6 Å². The second kappa shape index (κ2) is 5.64. The lowest BCUT2D eigenvalue weighted by atomic mass is 10.8. The van der Waals surface area contributed by atoms with Crippen LogP contribution in [-0.2, 0) is 10.0 Å². The Morgan fingerprint density at radius 2 is 2.00 bits per heavy atom. The van der Waals surface area contributed by atoms with Crippen molar-refractivity contribution in [3.8, 4) is 6.07 Å². The van der Waals surface area contributed by atoms with Crippen LogP contribution in [0.4, 0.5) is 0 Å². The zero-order valence-corrected chi connectivity index (χ0v) is 11.0. The number of rotatable bonds is 4. The van der Waals surface area contributed by atoms with Crippen molar-refractivity contribution in [2.45, 2.75) is 10.0 Å². The van der Waals surface area contributed by atoms with Gasteiger partial charge < -0.3 is 0 Å². The van der Waals surface area contributed by atoms with Crippen LogP contribution in [0.15, 0.2) is 0 Å². The summed E-state index contributed by atoms with van der Waals surface area (Å²) in [6.45, 7) is 1.09. The molecule has 0 saturated heterocycles. The van der Waals surface area contributed by atoms with E-state index in [4.69, 9.17) is 40.1 Å². The molecular weight excluding hydrogens is 291 g/mol. The number of nitrogens with zero attached hydrogens (tertiary/aromatic N) is 2. The Hall–Kier alpha value is 0.620. The molecule has 0 radical (unpaired) electrons. The zero-order valence-electron chi connectivity index (χ0n) is 7.08. The molecular formula is C5H7Cl3N2O2S2. The van der Waals surface area contributed by atoms with Gasteiger partial charge in [0.15, 0.2) is 0 Å². The smallest absolute Gasteiger partial charge is 0.211 e. The molecule has 0 bridgehead atoms. The molecule has 0 amide bonds. The summed E-state index contributed by atoms with van der Waals surface area (Å²) in [5.41, 5.74) is 0. The summed E-state index contributed by atoms with van der Waals surface area (Å²) in [7, 11) is -3.54. The summed E-state index contributed by atoms with van der Waals surface area (Å²) in [4.78, 5) is 0. The van der Waals surface area contributed by atoms with Gasteiger partial charge in [0.05, 0.1) is 11.8 Å². The third-order valence-electron chi connectivity index (χ3n) is 1.08. The Bertz CT molecular complexity index is 319. The molecule has 0 N–H and O–H groups in total. The largest absolute Gasteiger partial charge is 0.252 e. The van der Waals surface area contributed by atoms with Crippen LogP contribution in [0.5, 0.6) is 0 Å². The Morgan fingerprint density at radius 1 is 1.50 bits per heavy atom. The average Bonchev–Trinajstić information content (AvgIpc) is 2.01. The number of alkyl halides is 3. The van der Waals surface area contributed by atoms with Gasteiger partial charge in [-0.05, 0) is 18.9 Å². The molecule has 9 heteroatoms. The maximum atomic E-state index is 11.3. The third-order valence-corrected chi connectivity index (χ3v) is 4.63. The van der Waals surface area contributed by atoms with Crippen LogP contribution in [0.2, 0.25) is 0 Å². The Balaban J connectivity index is 4.73. The molecule has 0 rings (SSSR count). The molecule has 0 fully saturated rings. The first kappa shape index (κ1) is 14.6. The number of hydrogen-bond acceptors (Lipinski definition) is 4. The molecule has 0 saturated carbocycles. The highest BCUT2D eigenvalue weighted by Gasteiger charge is 2.31. The Kier molecular flexibility index (Phi) is 5.88. The van der Waals surface area contributed by atoms with Crippen molar-refractivity contribution in [3.05, 3.63) is 0 Å². The van der Waals surface area contributed by atoms with E-state index in [0.717, 1.165) is 3.71 Å². The Morgan fingerprint density at radius 3 is 2.29 bits per heavy atom. The van der Waals surface area contributed by atoms with Crippen molar-refractivity contribution < 1.29 is 8.42 Å². The molecule has 0 aromatic carbocycles. The molecule has 14 heavy (non-hydrogen) atoms. The summed E-state index contributed by atoms with van der Waals surface area (Å²) in [5.74, 6) is -0.150. The van der Waals surface area contributed by atoms with Gasteiger partial charge >= 0.3 is 0 Å². The predicted molar refractivity (Wildman–Crippen MR) is 59.7 cm³/mol. The second-order valence-corrected chi connectivity index (χ2v) is 8.66. The van der Waals surface area contributed by atoms with Crippen molar-refractivity contribution in [1.82, 2.24) is 3.71 Å². The van der Waals surface area contributed by atoms with Crippen molar-refractivity contribution in [3.63, 3.8) is 0 Å². The standard InChI is InChI=1S/C5H7Cl3N2O2S2/c1-2-14(11,12)10(4-3-9)13-5(6,7)8/h2,4H2,1H3. The van der Waals surface area contributed by atoms with E-state index in [-0.39, 0.29) is 12.3 Å². The predicted octanol–water partition coefficient (Wildman–Crippen LogP) is 2.14. The number of hydrogen-bond donors (Lipinski definition) is 0. The topological polar surface area (TPSA) is 61.2 Å². The van der Waals surface area contributed by atoms with Crippen LogP contribution < -0.4 is 0 Å². The van der Waals surface area contributed by atoms with Crippen molar-refractivity contribution in [2.24, 2.45) is 0 Å². The summed E-state index contributed by atoms with van der Waals surface area (Å²) >= 11 is 16.7. The first-order valence-corrected chi connectivity index (χ1v) is 6.88. The average molecular weight is 298 g/mol. The van der Waals surface area contributed by atoms with Gasteiger partial charge in [-0.25, -0.2) is 8.42 Å². The minimum absolute atomic E-state index is 0.150. The van der Waals surface area contributed by atoms with E-state index in [0.29, 0.717) is 11.9 Å². The van der Waals surface area contributed by atoms with Crippen LogP contribution >= 0.6 is 46.8 Å². The molecule has 82 valence electrons. The fourth-order valence-corrected chi connectivity index (χ4v) is 3.62. The quantitative estimate of drug-likeness (QED) is 0.453. The number of sulfonamides is 1. The van der Waals surface area contributed by atoms with Crippen molar-refractivity contribution in [1.29, 1.82) is 5.26 Å². The van der Waals surface area contributed by atoms with Crippen molar-refractivity contribution >= 4 is 56.8 Å². The highest BCUT2D eigenvalue weighted by Crippen LogP contribution is 2.41. The second-order valence-electron chi connectivity index (χ2n) is 2.06. The fourth-order valence-electron chi connectivity index (χ4n) is 0.505. The van der Waals surface area contributed by atoms with Gasteiger partial charge in [-0.3, -0.25) is 0 Å². The van der Waals surface area contributed by atoms with Gasteiger partial charge in [0.25, 0.3) is 3.12 Å². The molecule has 0 aromatic heterocycles. The molecule has 0 atom stereocenters. The van der Waals surface area contributed by atoms with Crippen molar-refractivity contribution in [2.75, 3.05) is 12.3 Å². The molecule has 0 aromatic rings. The van der Waals surface area contributed by atoms with Gasteiger partial charge in [-0.2, -0.15) is 5.26 Å². The lowest BCUT2D eigenvalue weighted by Crippen LogP contribution is -2.29. The molecule has 4 nitrogen and oxygen atoms in total. The van der Waals surface area contributed by atoms with Crippen LogP contribution in [0.3, 0.4) is 0 Å². The van der Waals surface area contributed by atoms with E-state index in [9.17, 15) is 8.42 Å². The lowest BCUT2D eigenvalue weighted by molar-refractivity contribution is 0.558. The molecule has 0 unspecified atom stereocenters. The lowest BCUT2D eigenvalue weighted by Gasteiger charge is -2.20. The van der Waals surface area contributed by atoms with Crippen LogP contribution in [0, 0.1) is 11.3 Å². The van der Waals surface area contributed by atoms with Gasteiger partial charge in [-0.15, -0.1) is 3.71 Å². The summed E-state index contributed by atoms with van der Waals surface area (Å²) in [6.07, 6.45) is 0. The van der Waals surface area contributed by atoms with Gasteiger partial charge in [0.2, 0.25) is 10.0 Å². The monoisotopic (exact) mass is 296 g/mol. The van der Waals surface area contributed by atoms with E-state index in [2.05, 4.69) is 0 Å². The fraction of sp³-hybridized carbons (Fsp3) is 0.800. The highest BCUT2D eigenvalue weighted by molar-refractivity contribution is 8.11. The highest BCUT2D eigenvalue weighted by atomic mass is 35.6. The van der Waals surface area contributed by atoms with E-state index in [1.165, 1.54) is 6.92 Å². The Labute approximate surface area is 102 Å². The van der Waals surface area contributed by atoms with Gasteiger partial charge in [0.1, 0.15) is 6.54 Å². The molecule has 0 spiro atoms. The van der Waals surface area contributed by atoms with E-state index >= 15 is 0 Å². The minimum Gasteiger partial charge on any atom is -0.211 e. The maximum absolute atomic E-state index is 11.3. The van der Waals surface area contributed by atoms with Crippen LogP contribution in [0.25, 0.3) is 0 Å². The van der Waals surface area contributed by atoms with E-state index in [1.807, 2.05) is 0 Å². The molecule has 0 aliphatic carbocycles. The summed E-state index contributed by atoms with van der Waals surface area (Å²) in [6, 6.07) is 1.68. The maximum Gasteiger partial charge on any atom is 0.252 e. The van der Waals surface area contributed by atoms with Gasteiger partial charge in [-0.1, -0.05) is 34.8 Å². The first-order chi connectivity index (χ1) is 6.23. The van der Waals surface area contributed by atoms with E-state index < -0.39 is 13.1 Å². The summed E-state index contributed by atoms with van der Waals surface area (Å²) in [5, 5.41) is 8.39. The molecule has 0 heterocycles. The molecule has 0 aliphatic rings. The normalized spacial score (nSPS) is 12.9. The minimum atomic E-state index is -3.54. The number of halogens is 3. The first-order valence-electron chi connectivity index (χ1n) is 3.36. The zero-order chi connectivity index (χ0) is 11.4. The third kappa shape index (κ3) is 5.49. The molecule has 0 aliphatic heterocycles. The van der Waals surface area contributed by atoms with Crippen LogP contribution in [0.1, 0.15) is 6.92 Å². The SMILES string of the molecule is CCS(=O)(=O)N(CC#N)SC(Cl)(Cl)Cl.